The molecule has 0 heterocycles. The molecule has 0 fully saturated rings. The van der Waals surface area contributed by atoms with Crippen molar-refractivity contribution < 1.29 is 9.53 Å². The summed E-state index contributed by atoms with van der Waals surface area (Å²) in [4.78, 5) is 10.3. The standard InChI is InChI=1S/C8H18N2O2/c1-7(6-12-2)10-5-3-4-8(9)11/h7,10H,3-6H2,1-2H3,(H2,9,11). The SMILES string of the molecule is COCC(C)NCCCC(N)=O. The zero-order valence-corrected chi connectivity index (χ0v) is 7.80. The molecule has 0 aliphatic rings. The van der Waals surface area contributed by atoms with Crippen molar-refractivity contribution in [3.8, 4) is 0 Å². The average Bonchev–Trinajstić information content (AvgIpc) is 1.98. The number of nitrogens with one attached hydrogen (secondary N) is 1. The Hall–Kier alpha value is -0.610. The fraction of sp³-hybridized carbons (Fsp3) is 0.875. The van der Waals surface area contributed by atoms with Gasteiger partial charge in [-0.1, -0.05) is 0 Å². The monoisotopic (exact) mass is 174 g/mol. The van der Waals surface area contributed by atoms with Gasteiger partial charge >= 0.3 is 0 Å². The lowest BCUT2D eigenvalue weighted by Crippen LogP contribution is -2.31. The van der Waals surface area contributed by atoms with E-state index in [0.29, 0.717) is 19.1 Å². The van der Waals surface area contributed by atoms with E-state index in [-0.39, 0.29) is 5.91 Å². The number of rotatable bonds is 7. The molecule has 0 aromatic heterocycles. The number of primary amides is 1. The molecule has 1 atom stereocenters. The number of carbonyl (C=O) groups is 1. The summed E-state index contributed by atoms with van der Waals surface area (Å²) in [5, 5.41) is 3.21. The van der Waals surface area contributed by atoms with Crippen LogP contribution in [0.1, 0.15) is 19.8 Å². The molecule has 4 nitrogen and oxygen atoms in total. The van der Waals surface area contributed by atoms with Crippen LogP contribution in [0.3, 0.4) is 0 Å². The van der Waals surface area contributed by atoms with Gasteiger partial charge in [-0.3, -0.25) is 4.79 Å². The van der Waals surface area contributed by atoms with Crippen molar-refractivity contribution in [2.45, 2.75) is 25.8 Å². The third kappa shape index (κ3) is 7.50. The molecule has 0 rings (SSSR count). The summed E-state index contributed by atoms with van der Waals surface area (Å²) < 4.78 is 4.93. The van der Waals surface area contributed by atoms with Crippen LogP contribution in [0.25, 0.3) is 0 Å². The Bertz CT molecular complexity index is 128. The van der Waals surface area contributed by atoms with E-state index in [1.54, 1.807) is 7.11 Å². The highest BCUT2D eigenvalue weighted by atomic mass is 16.5. The second-order valence-corrected chi connectivity index (χ2v) is 2.88. The fourth-order valence-electron chi connectivity index (χ4n) is 0.920. The molecule has 0 bridgehead atoms. The van der Waals surface area contributed by atoms with Gasteiger partial charge in [-0.05, 0) is 19.9 Å². The van der Waals surface area contributed by atoms with Crippen molar-refractivity contribution in [1.29, 1.82) is 0 Å². The molecule has 12 heavy (non-hydrogen) atoms. The van der Waals surface area contributed by atoms with Crippen LogP contribution >= 0.6 is 0 Å². The molecule has 0 radical (unpaired) electrons. The van der Waals surface area contributed by atoms with Crippen LogP contribution < -0.4 is 11.1 Å². The van der Waals surface area contributed by atoms with E-state index >= 15 is 0 Å². The molecule has 0 aromatic carbocycles. The van der Waals surface area contributed by atoms with Gasteiger partial charge in [0.05, 0.1) is 6.61 Å². The van der Waals surface area contributed by atoms with E-state index in [1.165, 1.54) is 0 Å². The summed E-state index contributed by atoms with van der Waals surface area (Å²) in [6.45, 7) is 3.54. The number of carbonyl (C=O) groups excluding carboxylic acids is 1. The first-order chi connectivity index (χ1) is 5.66. The van der Waals surface area contributed by atoms with Crippen molar-refractivity contribution in [2.75, 3.05) is 20.3 Å². The van der Waals surface area contributed by atoms with E-state index in [9.17, 15) is 4.79 Å². The highest BCUT2D eigenvalue weighted by Gasteiger charge is 1.99. The van der Waals surface area contributed by atoms with E-state index in [1.807, 2.05) is 6.92 Å². The molecular weight excluding hydrogens is 156 g/mol. The Balaban J connectivity index is 3.13. The number of hydrogen-bond acceptors (Lipinski definition) is 3. The zero-order valence-electron chi connectivity index (χ0n) is 7.80. The van der Waals surface area contributed by atoms with Gasteiger partial charge in [0.2, 0.25) is 5.91 Å². The van der Waals surface area contributed by atoms with Crippen LogP contribution in [-0.4, -0.2) is 32.2 Å². The highest BCUT2D eigenvalue weighted by Crippen LogP contribution is 1.87. The Labute approximate surface area is 73.5 Å². The molecule has 0 aliphatic carbocycles. The lowest BCUT2D eigenvalue weighted by molar-refractivity contribution is -0.118. The Morgan fingerprint density at radius 1 is 1.67 bits per heavy atom. The smallest absolute Gasteiger partial charge is 0.217 e. The number of amides is 1. The van der Waals surface area contributed by atoms with Gasteiger partial charge in [0.25, 0.3) is 0 Å². The summed E-state index contributed by atoms with van der Waals surface area (Å²) >= 11 is 0. The summed E-state index contributed by atoms with van der Waals surface area (Å²) in [5.74, 6) is -0.240. The van der Waals surface area contributed by atoms with Crippen LogP contribution in [0.15, 0.2) is 0 Å². The molecule has 1 unspecified atom stereocenters. The first-order valence-corrected chi connectivity index (χ1v) is 4.17. The van der Waals surface area contributed by atoms with Crippen LogP contribution in [0, 0.1) is 0 Å². The van der Waals surface area contributed by atoms with Crippen LogP contribution in [0.2, 0.25) is 0 Å². The Kier molecular flexibility index (Phi) is 6.70. The van der Waals surface area contributed by atoms with Gasteiger partial charge in [-0.15, -0.1) is 0 Å². The fourth-order valence-corrected chi connectivity index (χ4v) is 0.920. The minimum atomic E-state index is -0.240. The minimum Gasteiger partial charge on any atom is -0.383 e. The van der Waals surface area contributed by atoms with E-state index in [2.05, 4.69) is 5.32 Å². The highest BCUT2D eigenvalue weighted by molar-refractivity contribution is 5.73. The Morgan fingerprint density at radius 2 is 2.33 bits per heavy atom. The van der Waals surface area contributed by atoms with E-state index in [4.69, 9.17) is 10.5 Å². The second-order valence-electron chi connectivity index (χ2n) is 2.88. The maximum Gasteiger partial charge on any atom is 0.217 e. The van der Waals surface area contributed by atoms with Crippen LogP contribution in [0.5, 0.6) is 0 Å². The van der Waals surface area contributed by atoms with Crippen molar-refractivity contribution in [3.63, 3.8) is 0 Å². The normalized spacial score (nSPS) is 12.8. The first kappa shape index (κ1) is 11.4. The van der Waals surface area contributed by atoms with Crippen molar-refractivity contribution in [3.05, 3.63) is 0 Å². The van der Waals surface area contributed by atoms with Gasteiger partial charge in [0, 0.05) is 19.6 Å². The van der Waals surface area contributed by atoms with Crippen molar-refractivity contribution in [2.24, 2.45) is 5.73 Å². The maximum absolute atomic E-state index is 10.3. The predicted molar refractivity (Wildman–Crippen MR) is 47.8 cm³/mol. The molecule has 0 saturated heterocycles. The minimum absolute atomic E-state index is 0.240. The second kappa shape index (κ2) is 7.06. The largest absolute Gasteiger partial charge is 0.383 e. The van der Waals surface area contributed by atoms with Crippen LogP contribution in [0.4, 0.5) is 0 Å². The molecule has 72 valence electrons. The molecular formula is C8H18N2O2. The third-order valence-corrected chi connectivity index (χ3v) is 1.51. The van der Waals surface area contributed by atoms with Crippen molar-refractivity contribution in [1.82, 2.24) is 5.32 Å². The average molecular weight is 174 g/mol. The number of ether oxygens (including phenoxy) is 1. The summed E-state index contributed by atoms with van der Waals surface area (Å²) in [6, 6.07) is 0.336. The molecule has 0 aromatic rings. The molecule has 1 amide bonds. The molecule has 0 aliphatic heterocycles. The number of nitrogens with two attached hydrogens (primary N) is 1. The van der Waals surface area contributed by atoms with Gasteiger partial charge in [-0.25, -0.2) is 0 Å². The molecule has 4 heteroatoms. The quantitative estimate of drug-likeness (QED) is 0.529. The first-order valence-electron chi connectivity index (χ1n) is 4.17. The Morgan fingerprint density at radius 3 is 2.83 bits per heavy atom. The van der Waals surface area contributed by atoms with E-state index in [0.717, 1.165) is 13.0 Å². The topological polar surface area (TPSA) is 64.3 Å². The molecule has 3 N–H and O–H groups in total. The predicted octanol–water partition coefficient (Wildman–Crippen LogP) is -0.124. The summed E-state index contributed by atoms with van der Waals surface area (Å²) in [6.07, 6.45) is 1.25. The summed E-state index contributed by atoms with van der Waals surface area (Å²) in [5.41, 5.74) is 4.98. The van der Waals surface area contributed by atoms with Crippen molar-refractivity contribution >= 4 is 5.91 Å². The number of methoxy groups -OCH3 is 1. The lowest BCUT2D eigenvalue weighted by atomic mass is 10.3. The lowest BCUT2D eigenvalue weighted by Gasteiger charge is -2.11. The third-order valence-electron chi connectivity index (χ3n) is 1.51. The zero-order chi connectivity index (χ0) is 9.40. The van der Waals surface area contributed by atoms with E-state index < -0.39 is 0 Å². The molecule has 0 spiro atoms. The number of hydrogen-bond donors (Lipinski definition) is 2. The van der Waals surface area contributed by atoms with Gasteiger partial charge in [0.15, 0.2) is 0 Å². The van der Waals surface area contributed by atoms with Gasteiger partial charge < -0.3 is 15.8 Å². The van der Waals surface area contributed by atoms with Crippen LogP contribution in [-0.2, 0) is 9.53 Å². The maximum atomic E-state index is 10.3. The van der Waals surface area contributed by atoms with Gasteiger partial charge in [-0.2, -0.15) is 0 Å². The molecule has 0 saturated carbocycles. The van der Waals surface area contributed by atoms with Gasteiger partial charge in [0.1, 0.15) is 0 Å². The summed E-state index contributed by atoms with van der Waals surface area (Å²) in [7, 11) is 1.67.